The summed E-state index contributed by atoms with van der Waals surface area (Å²) in [5.74, 6) is -0.140. The van der Waals surface area contributed by atoms with Crippen LogP contribution in [0.4, 0.5) is 0 Å². The van der Waals surface area contributed by atoms with Gasteiger partial charge in [-0.3, -0.25) is 9.59 Å². The molecule has 0 aliphatic heterocycles. The summed E-state index contributed by atoms with van der Waals surface area (Å²) < 4.78 is 0. The van der Waals surface area contributed by atoms with Crippen LogP contribution in [0.15, 0.2) is 24.3 Å². The van der Waals surface area contributed by atoms with E-state index < -0.39 is 0 Å². The van der Waals surface area contributed by atoms with E-state index in [4.69, 9.17) is 0 Å². The number of carbonyl (C=O) groups is 2. The molecule has 0 heterocycles. The lowest BCUT2D eigenvalue weighted by molar-refractivity contribution is -0.119. The molecule has 2 amide bonds. The second-order valence-corrected chi connectivity index (χ2v) is 4.67. The zero-order valence-corrected chi connectivity index (χ0v) is 11.7. The van der Waals surface area contributed by atoms with Gasteiger partial charge in [0, 0.05) is 32.1 Å². The third-order valence-corrected chi connectivity index (χ3v) is 2.60. The second-order valence-electron chi connectivity index (χ2n) is 4.67. The van der Waals surface area contributed by atoms with E-state index in [0.717, 1.165) is 12.1 Å². The molecule has 1 rings (SSSR count). The molecule has 104 valence electrons. The highest BCUT2D eigenvalue weighted by Gasteiger charge is 2.04. The summed E-state index contributed by atoms with van der Waals surface area (Å²) in [6.45, 7) is 3.40. The maximum Gasteiger partial charge on any atom is 0.251 e. The van der Waals surface area contributed by atoms with Gasteiger partial charge < -0.3 is 15.5 Å². The molecular weight excluding hydrogens is 242 g/mol. The van der Waals surface area contributed by atoms with E-state index >= 15 is 0 Å². The van der Waals surface area contributed by atoms with Crippen LogP contribution < -0.4 is 10.6 Å². The van der Waals surface area contributed by atoms with Crippen molar-refractivity contribution < 1.29 is 9.59 Å². The Morgan fingerprint density at radius 3 is 2.26 bits per heavy atom. The van der Waals surface area contributed by atoms with Gasteiger partial charge in [-0.15, -0.1) is 0 Å². The van der Waals surface area contributed by atoms with Crippen molar-refractivity contribution in [1.82, 2.24) is 15.5 Å². The molecule has 1 aromatic rings. The van der Waals surface area contributed by atoms with Crippen molar-refractivity contribution in [2.75, 3.05) is 27.2 Å². The lowest BCUT2D eigenvalue weighted by atomic mass is 10.1. The van der Waals surface area contributed by atoms with Crippen molar-refractivity contribution in [3.63, 3.8) is 0 Å². The Morgan fingerprint density at radius 1 is 1.11 bits per heavy atom. The maximum atomic E-state index is 11.8. The SMILES string of the molecule is CC(=O)NCc1ccc(C(=O)NCCN(C)C)cc1. The minimum absolute atomic E-state index is 0.0643. The van der Waals surface area contributed by atoms with Crippen LogP contribution in [-0.2, 0) is 11.3 Å². The van der Waals surface area contributed by atoms with E-state index in [1.54, 1.807) is 12.1 Å². The third kappa shape index (κ3) is 6.01. The number of nitrogens with one attached hydrogen (secondary N) is 2. The smallest absolute Gasteiger partial charge is 0.251 e. The molecule has 0 saturated carbocycles. The van der Waals surface area contributed by atoms with Crippen LogP contribution in [-0.4, -0.2) is 43.9 Å². The van der Waals surface area contributed by atoms with Crippen LogP contribution in [0, 0.1) is 0 Å². The lowest BCUT2D eigenvalue weighted by Gasteiger charge is -2.10. The van der Waals surface area contributed by atoms with Gasteiger partial charge in [0.25, 0.3) is 5.91 Å². The number of rotatable bonds is 6. The average Bonchev–Trinajstić information content (AvgIpc) is 2.36. The summed E-state index contributed by atoms with van der Waals surface area (Å²) in [6.07, 6.45) is 0. The first-order chi connectivity index (χ1) is 8.99. The minimum atomic E-state index is -0.0760. The van der Waals surface area contributed by atoms with Crippen molar-refractivity contribution in [3.05, 3.63) is 35.4 Å². The molecule has 2 N–H and O–H groups in total. The summed E-state index contributed by atoms with van der Waals surface area (Å²) in [7, 11) is 3.92. The summed E-state index contributed by atoms with van der Waals surface area (Å²) in [6, 6.07) is 7.22. The van der Waals surface area contributed by atoms with E-state index in [0.29, 0.717) is 18.7 Å². The van der Waals surface area contributed by atoms with Crippen molar-refractivity contribution in [2.24, 2.45) is 0 Å². The number of benzene rings is 1. The molecule has 0 bridgehead atoms. The molecular formula is C14H21N3O2. The highest BCUT2D eigenvalue weighted by molar-refractivity contribution is 5.94. The highest BCUT2D eigenvalue weighted by atomic mass is 16.2. The number of hydrogen-bond donors (Lipinski definition) is 2. The number of carbonyl (C=O) groups excluding carboxylic acids is 2. The summed E-state index contributed by atoms with van der Waals surface area (Å²) in [5, 5.41) is 5.56. The Bertz CT molecular complexity index is 427. The Balaban J connectivity index is 2.46. The number of nitrogens with zero attached hydrogens (tertiary/aromatic N) is 1. The number of hydrogen-bond acceptors (Lipinski definition) is 3. The monoisotopic (exact) mass is 263 g/mol. The normalized spacial score (nSPS) is 10.3. The van der Waals surface area contributed by atoms with Gasteiger partial charge >= 0.3 is 0 Å². The van der Waals surface area contributed by atoms with Gasteiger partial charge in [-0.2, -0.15) is 0 Å². The number of likely N-dealkylation sites (N-methyl/N-ethyl adjacent to an activating group) is 1. The van der Waals surface area contributed by atoms with Crippen molar-refractivity contribution in [1.29, 1.82) is 0 Å². The molecule has 0 fully saturated rings. The van der Waals surface area contributed by atoms with Gasteiger partial charge in [0.15, 0.2) is 0 Å². The molecule has 0 radical (unpaired) electrons. The van der Waals surface area contributed by atoms with E-state index in [-0.39, 0.29) is 11.8 Å². The van der Waals surface area contributed by atoms with Gasteiger partial charge in [0.05, 0.1) is 0 Å². The Labute approximate surface area is 114 Å². The first kappa shape index (κ1) is 15.2. The van der Waals surface area contributed by atoms with Gasteiger partial charge in [-0.1, -0.05) is 12.1 Å². The lowest BCUT2D eigenvalue weighted by Crippen LogP contribution is -2.31. The maximum absolute atomic E-state index is 11.8. The van der Waals surface area contributed by atoms with E-state index in [1.165, 1.54) is 6.92 Å². The third-order valence-electron chi connectivity index (χ3n) is 2.60. The van der Waals surface area contributed by atoms with Crippen LogP contribution in [0.1, 0.15) is 22.8 Å². The molecule has 1 aromatic carbocycles. The first-order valence-corrected chi connectivity index (χ1v) is 6.25. The largest absolute Gasteiger partial charge is 0.352 e. The standard InChI is InChI=1S/C14H21N3O2/c1-11(18)16-10-12-4-6-13(7-5-12)14(19)15-8-9-17(2)3/h4-7H,8-10H2,1-3H3,(H,15,19)(H,16,18). The second kappa shape index (κ2) is 7.53. The summed E-state index contributed by atoms with van der Waals surface area (Å²) in [5.41, 5.74) is 1.60. The zero-order chi connectivity index (χ0) is 14.3. The predicted octanol–water partition coefficient (Wildman–Crippen LogP) is 0.614. The van der Waals surface area contributed by atoms with Gasteiger partial charge in [-0.05, 0) is 31.8 Å². The van der Waals surface area contributed by atoms with Gasteiger partial charge in [0.2, 0.25) is 5.91 Å². The molecule has 0 aromatic heterocycles. The van der Waals surface area contributed by atoms with E-state index in [9.17, 15) is 9.59 Å². The van der Waals surface area contributed by atoms with Crippen molar-refractivity contribution >= 4 is 11.8 Å². The van der Waals surface area contributed by atoms with Crippen LogP contribution in [0.25, 0.3) is 0 Å². The van der Waals surface area contributed by atoms with Crippen molar-refractivity contribution in [3.8, 4) is 0 Å². The molecule has 0 aliphatic rings. The number of amides is 2. The molecule has 5 nitrogen and oxygen atoms in total. The Morgan fingerprint density at radius 2 is 1.74 bits per heavy atom. The van der Waals surface area contributed by atoms with Gasteiger partial charge in [0.1, 0.15) is 0 Å². The highest BCUT2D eigenvalue weighted by Crippen LogP contribution is 2.04. The van der Waals surface area contributed by atoms with Crippen LogP contribution >= 0.6 is 0 Å². The van der Waals surface area contributed by atoms with E-state index in [1.807, 2.05) is 31.1 Å². The molecule has 5 heteroatoms. The fraction of sp³-hybridized carbons (Fsp3) is 0.429. The molecule has 0 saturated heterocycles. The Kier molecular flexibility index (Phi) is 6.02. The fourth-order valence-corrected chi connectivity index (χ4v) is 1.50. The van der Waals surface area contributed by atoms with Crippen LogP contribution in [0.2, 0.25) is 0 Å². The van der Waals surface area contributed by atoms with E-state index in [2.05, 4.69) is 10.6 Å². The molecule has 19 heavy (non-hydrogen) atoms. The van der Waals surface area contributed by atoms with Crippen molar-refractivity contribution in [2.45, 2.75) is 13.5 Å². The zero-order valence-electron chi connectivity index (χ0n) is 11.7. The van der Waals surface area contributed by atoms with Gasteiger partial charge in [-0.25, -0.2) is 0 Å². The summed E-state index contributed by atoms with van der Waals surface area (Å²) in [4.78, 5) is 24.6. The Hall–Kier alpha value is -1.88. The molecule has 0 atom stereocenters. The first-order valence-electron chi connectivity index (χ1n) is 6.25. The quantitative estimate of drug-likeness (QED) is 0.790. The van der Waals surface area contributed by atoms with Crippen LogP contribution in [0.3, 0.4) is 0 Å². The molecule has 0 aliphatic carbocycles. The van der Waals surface area contributed by atoms with Crippen LogP contribution in [0.5, 0.6) is 0 Å². The molecule has 0 unspecified atom stereocenters. The fourth-order valence-electron chi connectivity index (χ4n) is 1.50. The minimum Gasteiger partial charge on any atom is -0.352 e. The topological polar surface area (TPSA) is 61.4 Å². The average molecular weight is 263 g/mol. The molecule has 0 spiro atoms. The summed E-state index contributed by atoms with van der Waals surface area (Å²) >= 11 is 0. The predicted molar refractivity (Wildman–Crippen MR) is 74.8 cm³/mol.